The Balaban J connectivity index is 0.000000806. The van der Waals surface area contributed by atoms with Gasteiger partial charge in [-0.3, -0.25) is 0 Å². The molecule has 158 valence electrons. The summed E-state index contributed by atoms with van der Waals surface area (Å²) in [6, 6.07) is 23.8. The van der Waals surface area contributed by atoms with E-state index in [1.807, 2.05) is 0 Å². The summed E-state index contributed by atoms with van der Waals surface area (Å²) in [5.74, 6) is 1.60. The van der Waals surface area contributed by atoms with Crippen LogP contribution in [0.5, 0.6) is 5.75 Å². The van der Waals surface area contributed by atoms with Crippen LogP contribution in [0, 0.1) is 12.8 Å². The Bertz CT molecular complexity index is 912. The molecule has 2 nitrogen and oxygen atoms in total. The Morgan fingerprint density at radius 3 is 2.13 bits per heavy atom. The molecule has 1 unspecified atom stereocenters. The molecular formula is C28H35NO. The highest BCUT2D eigenvalue weighted by Crippen LogP contribution is 2.28. The highest BCUT2D eigenvalue weighted by molar-refractivity contribution is 5.63. The molecule has 0 heterocycles. The van der Waals surface area contributed by atoms with Crippen molar-refractivity contribution in [3.63, 3.8) is 0 Å². The summed E-state index contributed by atoms with van der Waals surface area (Å²) in [5.41, 5.74) is 13.6. The lowest BCUT2D eigenvalue weighted by atomic mass is 9.84. The maximum Gasteiger partial charge on any atom is 0.120 e. The molecule has 30 heavy (non-hydrogen) atoms. The van der Waals surface area contributed by atoms with E-state index in [2.05, 4.69) is 87.5 Å². The minimum atomic E-state index is 0.596. The van der Waals surface area contributed by atoms with Crippen LogP contribution in [0.4, 0.5) is 0 Å². The molecule has 2 N–H and O–H groups in total. The molecule has 0 saturated carbocycles. The first-order valence-corrected chi connectivity index (χ1v) is 11.2. The molecule has 3 aromatic rings. The summed E-state index contributed by atoms with van der Waals surface area (Å²) in [7, 11) is 0. The van der Waals surface area contributed by atoms with Gasteiger partial charge in [-0.2, -0.15) is 0 Å². The summed E-state index contributed by atoms with van der Waals surface area (Å²) < 4.78 is 6.05. The van der Waals surface area contributed by atoms with Crippen molar-refractivity contribution >= 4 is 0 Å². The molecule has 0 spiro atoms. The third-order valence-corrected chi connectivity index (χ3v) is 5.59. The molecule has 3 aromatic carbocycles. The second kappa shape index (κ2) is 11.0. The molecule has 2 heteroatoms. The van der Waals surface area contributed by atoms with Crippen molar-refractivity contribution in [3.8, 4) is 16.9 Å². The third-order valence-electron chi connectivity index (χ3n) is 5.59. The van der Waals surface area contributed by atoms with Gasteiger partial charge in [0.1, 0.15) is 12.4 Å². The number of rotatable bonds is 5. The lowest BCUT2D eigenvalue weighted by Crippen LogP contribution is -2.22. The van der Waals surface area contributed by atoms with Gasteiger partial charge in [-0.05, 0) is 78.6 Å². The van der Waals surface area contributed by atoms with E-state index < -0.39 is 0 Å². The molecule has 0 aromatic heterocycles. The number of benzene rings is 3. The zero-order valence-electron chi connectivity index (χ0n) is 18.7. The Kier molecular flexibility index (Phi) is 8.10. The molecule has 0 amide bonds. The van der Waals surface area contributed by atoms with Crippen LogP contribution in [0.1, 0.15) is 48.9 Å². The highest BCUT2D eigenvalue weighted by atomic mass is 16.5. The van der Waals surface area contributed by atoms with Crippen molar-refractivity contribution < 1.29 is 4.74 Å². The van der Waals surface area contributed by atoms with Gasteiger partial charge in [0, 0.05) is 0 Å². The molecule has 1 aliphatic rings. The van der Waals surface area contributed by atoms with Crippen LogP contribution < -0.4 is 10.5 Å². The predicted octanol–water partition coefficient (Wildman–Crippen LogP) is 6.72. The van der Waals surface area contributed by atoms with Crippen LogP contribution in [0.15, 0.2) is 66.7 Å². The molecule has 0 aliphatic heterocycles. The first-order chi connectivity index (χ1) is 14.6. The van der Waals surface area contributed by atoms with Gasteiger partial charge in [0.05, 0.1) is 0 Å². The molecule has 1 aliphatic carbocycles. The number of hydrogen-bond acceptors (Lipinski definition) is 2. The second-order valence-electron chi connectivity index (χ2n) is 8.33. The molecule has 0 bridgehead atoms. The maximum absolute atomic E-state index is 6.05. The summed E-state index contributed by atoms with van der Waals surface area (Å²) in [6.45, 7) is 7.75. The van der Waals surface area contributed by atoms with Gasteiger partial charge in [0.15, 0.2) is 0 Å². The average Bonchev–Trinajstić information content (AvgIpc) is 2.78. The van der Waals surface area contributed by atoms with Gasteiger partial charge >= 0.3 is 0 Å². The van der Waals surface area contributed by atoms with Gasteiger partial charge in [0.2, 0.25) is 0 Å². The van der Waals surface area contributed by atoms with Gasteiger partial charge in [-0.25, -0.2) is 0 Å². The number of hydrogen-bond donors (Lipinski definition) is 1. The minimum Gasteiger partial charge on any atom is -0.489 e. The van der Waals surface area contributed by atoms with Gasteiger partial charge in [0.25, 0.3) is 0 Å². The largest absolute Gasteiger partial charge is 0.489 e. The van der Waals surface area contributed by atoms with Crippen molar-refractivity contribution in [2.24, 2.45) is 11.7 Å². The maximum atomic E-state index is 6.05. The smallest absolute Gasteiger partial charge is 0.120 e. The minimum absolute atomic E-state index is 0.596. The van der Waals surface area contributed by atoms with Crippen molar-refractivity contribution in [1.82, 2.24) is 0 Å². The van der Waals surface area contributed by atoms with E-state index in [-0.39, 0.29) is 0 Å². The molecule has 0 saturated heterocycles. The summed E-state index contributed by atoms with van der Waals surface area (Å²) in [4.78, 5) is 0. The SMILES string of the molecule is CCC.Cc1ccc(-c2ccc(COc3ccc4c(c3)CCC(CN)C4)cc2)cc1. The van der Waals surface area contributed by atoms with Crippen LogP contribution in [-0.4, -0.2) is 6.54 Å². The molecular weight excluding hydrogens is 366 g/mol. The van der Waals surface area contributed by atoms with E-state index >= 15 is 0 Å². The van der Waals surface area contributed by atoms with Crippen molar-refractivity contribution in [2.75, 3.05) is 6.54 Å². The topological polar surface area (TPSA) is 35.2 Å². The van der Waals surface area contributed by atoms with E-state index in [9.17, 15) is 0 Å². The normalized spacial score (nSPS) is 15.0. The Labute approximate surface area is 182 Å². The lowest BCUT2D eigenvalue weighted by Gasteiger charge is -2.23. The number of nitrogens with two attached hydrogens (primary N) is 1. The monoisotopic (exact) mass is 401 g/mol. The van der Waals surface area contributed by atoms with Crippen molar-refractivity contribution in [1.29, 1.82) is 0 Å². The predicted molar refractivity (Wildman–Crippen MR) is 128 cm³/mol. The van der Waals surface area contributed by atoms with E-state index in [1.165, 1.54) is 46.2 Å². The quantitative estimate of drug-likeness (QED) is 0.515. The van der Waals surface area contributed by atoms with E-state index in [4.69, 9.17) is 10.5 Å². The van der Waals surface area contributed by atoms with Crippen LogP contribution in [0.25, 0.3) is 11.1 Å². The summed E-state index contributed by atoms with van der Waals surface area (Å²) >= 11 is 0. The zero-order valence-corrected chi connectivity index (χ0v) is 18.7. The number of ether oxygens (including phenoxy) is 1. The average molecular weight is 402 g/mol. The standard InChI is InChI=1S/C25H27NO.C3H8/c1-18-2-7-21(8-3-18)22-9-4-19(5-10-22)17-27-25-13-12-23-14-20(16-26)6-11-24(23)15-25;1-3-2/h2-5,7-10,12-13,15,20H,6,11,14,16-17,26H2,1H3;3H2,1-2H3. The zero-order chi connectivity index (χ0) is 21.3. The van der Waals surface area contributed by atoms with Crippen LogP contribution in [0.3, 0.4) is 0 Å². The van der Waals surface area contributed by atoms with Gasteiger partial charge < -0.3 is 10.5 Å². The van der Waals surface area contributed by atoms with E-state index in [0.29, 0.717) is 12.5 Å². The highest BCUT2D eigenvalue weighted by Gasteiger charge is 2.17. The fraction of sp³-hybridized carbons (Fsp3) is 0.357. The van der Waals surface area contributed by atoms with Crippen LogP contribution in [-0.2, 0) is 19.4 Å². The first-order valence-electron chi connectivity index (χ1n) is 11.2. The number of fused-ring (bicyclic) bond motifs is 1. The van der Waals surface area contributed by atoms with Crippen LogP contribution in [0.2, 0.25) is 0 Å². The summed E-state index contributed by atoms with van der Waals surface area (Å²) in [6.07, 6.45) is 4.65. The third kappa shape index (κ3) is 5.96. The van der Waals surface area contributed by atoms with Gasteiger partial charge in [-0.15, -0.1) is 0 Å². The van der Waals surface area contributed by atoms with Crippen molar-refractivity contribution in [3.05, 3.63) is 89.0 Å². The summed E-state index contributed by atoms with van der Waals surface area (Å²) in [5, 5.41) is 0. The lowest BCUT2D eigenvalue weighted by molar-refractivity contribution is 0.305. The van der Waals surface area contributed by atoms with Crippen LogP contribution >= 0.6 is 0 Å². The Morgan fingerprint density at radius 2 is 1.50 bits per heavy atom. The Morgan fingerprint density at radius 1 is 0.867 bits per heavy atom. The van der Waals surface area contributed by atoms with E-state index in [1.54, 1.807) is 0 Å². The number of aryl methyl sites for hydroxylation is 2. The first kappa shape index (κ1) is 22.1. The fourth-order valence-corrected chi connectivity index (χ4v) is 3.80. The van der Waals surface area contributed by atoms with Gasteiger partial charge in [-0.1, -0.05) is 80.4 Å². The van der Waals surface area contributed by atoms with Crippen molar-refractivity contribution in [2.45, 2.75) is 53.1 Å². The molecule has 4 rings (SSSR count). The fourth-order valence-electron chi connectivity index (χ4n) is 3.80. The molecule has 0 radical (unpaired) electrons. The Hall–Kier alpha value is -2.58. The second-order valence-corrected chi connectivity index (χ2v) is 8.33. The van der Waals surface area contributed by atoms with E-state index in [0.717, 1.165) is 25.1 Å². The molecule has 0 fully saturated rings. The molecule has 1 atom stereocenters.